The van der Waals surface area contributed by atoms with E-state index in [2.05, 4.69) is 43.4 Å². The Balaban J connectivity index is 1.34. The molecule has 0 bridgehead atoms. The maximum Gasteiger partial charge on any atom is 0.311 e. The van der Waals surface area contributed by atoms with Crippen LogP contribution in [-0.4, -0.2) is 48.4 Å². The second-order valence-electron chi connectivity index (χ2n) is 8.49. The third kappa shape index (κ3) is 5.81. The molecule has 0 spiro atoms. The number of nitrogens with one attached hydrogen (secondary N) is 1. The van der Waals surface area contributed by atoms with Crippen LogP contribution >= 0.6 is 0 Å². The molecule has 158 valence electrons. The molecule has 2 amide bonds. The topological polar surface area (TPSA) is 75.7 Å². The van der Waals surface area contributed by atoms with Crippen molar-refractivity contribution in [3.05, 3.63) is 35.4 Å². The van der Waals surface area contributed by atoms with Gasteiger partial charge in [0.05, 0.1) is 5.92 Å². The Morgan fingerprint density at radius 3 is 2.52 bits per heavy atom. The van der Waals surface area contributed by atoms with Gasteiger partial charge in [-0.1, -0.05) is 51.0 Å². The van der Waals surface area contributed by atoms with Crippen molar-refractivity contribution in [3.63, 3.8) is 0 Å². The molecular formula is C23H32N2O4. The normalized spacial score (nSPS) is 19.8. The highest BCUT2D eigenvalue weighted by atomic mass is 16.5. The summed E-state index contributed by atoms with van der Waals surface area (Å²) < 4.78 is 5.16. The third-order valence-corrected chi connectivity index (χ3v) is 5.99. The first kappa shape index (κ1) is 21.3. The van der Waals surface area contributed by atoms with Crippen LogP contribution in [0.3, 0.4) is 0 Å². The number of ether oxygens (including phenoxy) is 1. The number of rotatable bonds is 8. The molecule has 1 heterocycles. The summed E-state index contributed by atoms with van der Waals surface area (Å²) in [6, 6.07) is 8.66. The number of esters is 1. The summed E-state index contributed by atoms with van der Waals surface area (Å²) in [6.45, 7) is 4.94. The SMILES string of the molecule is CC(C)c1ccc(CCNC(=O)COC(=O)[C@H]2CC(=O)N(C3CCCC3)C2)cc1. The number of carbonyl (C=O) groups excluding carboxylic acids is 3. The Bertz CT molecular complexity index is 723. The molecule has 1 saturated carbocycles. The van der Waals surface area contributed by atoms with E-state index in [1.165, 1.54) is 5.56 Å². The van der Waals surface area contributed by atoms with E-state index in [-0.39, 0.29) is 30.9 Å². The second-order valence-corrected chi connectivity index (χ2v) is 8.49. The summed E-state index contributed by atoms with van der Waals surface area (Å²) in [5.74, 6) is -0.673. The van der Waals surface area contributed by atoms with E-state index < -0.39 is 11.9 Å². The lowest BCUT2D eigenvalue weighted by Crippen LogP contribution is -2.35. The van der Waals surface area contributed by atoms with Crippen LogP contribution in [0.1, 0.15) is 63.0 Å². The number of hydrogen-bond acceptors (Lipinski definition) is 4. The minimum atomic E-state index is -0.449. The fraction of sp³-hybridized carbons (Fsp3) is 0.609. The van der Waals surface area contributed by atoms with Crippen molar-refractivity contribution < 1.29 is 19.1 Å². The van der Waals surface area contributed by atoms with E-state index in [1.54, 1.807) is 0 Å². The number of amides is 2. The molecule has 1 aromatic rings. The predicted octanol–water partition coefficient (Wildman–Crippen LogP) is 2.80. The van der Waals surface area contributed by atoms with Gasteiger partial charge in [0.25, 0.3) is 5.91 Å². The zero-order chi connectivity index (χ0) is 20.8. The maximum atomic E-state index is 12.3. The van der Waals surface area contributed by atoms with Gasteiger partial charge in [-0.25, -0.2) is 0 Å². The fourth-order valence-corrected chi connectivity index (χ4v) is 4.18. The summed E-state index contributed by atoms with van der Waals surface area (Å²) in [5, 5.41) is 2.78. The van der Waals surface area contributed by atoms with Gasteiger partial charge in [-0.2, -0.15) is 0 Å². The van der Waals surface area contributed by atoms with Gasteiger partial charge in [-0.3, -0.25) is 14.4 Å². The molecule has 2 fully saturated rings. The van der Waals surface area contributed by atoms with E-state index in [4.69, 9.17) is 4.74 Å². The van der Waals surface area contributed by atoms with Crippen molar-refractivity contribution in [2.24, 2.45) is 5.92 Å². The molecule has 2 aliphatic rings. The third-order valence-electron chi connectivity index (χ3n) is 5.99. The standard InChI is InChI=1S/C23H32N2O4/c1-16(2)18-9-7-17(8-10-18)11-12-24-21(26)15-29-23(28)19-13-22(27)25(14-19)20-5-3-4-6-20/h7-10,16,19-20H,3-6,11-15H2,1-2H3,(H,24,26)/t19-/m0/s1. The van der Waals surface area contributed by atoms with Crippen LogP contribution in [0.4, 0.5) is 0 Å². The summed E-state index contributed by atoms with van der Waals surface area (Å²) in [7, 11) is 0. The molecule has 1 atom stereocenters. The molecule has 1 saturated heterocycles. The summed E-state index contributed by atoms with van der Waals surface area (Å²) in [4.78, 5) is 38.2. The van der Waals surface area contributed by atoms with Crippen molar-refractivity contribution in [1.82, 2.24) is 10.2 Å². The smallest absolute Gasteiger partial charge is 0.311 e. The molecule has 0 radical (unpaired) electrons. The molecular weight excluding hydrogens is 368 g/mol. The average molecular weight is 401 g/mol. The van der Waals surface area contributed by atoms with Crippen molar-refractivity contribution in [2.75, 3.05) is 19.7 Å². The van der Waals surface area contributed by atoms with E-state index in [0.717, 1.165) is 37.7 Å². The van der Waals surface area contributed by atoms with Gasteiger partial charge >= 0.3 is 5.97 Å². The van der Waals surface area contributed by atoms with Gasteiger partial charge in [-0.05, 0) is 36.3 Å². The Labute approximate surface area is 173 Å². The second kappa shape index (κ2) is 9.90. The molecule has 3 rings (SSSR count). The van der Waals surface area contributed by atoms with E-state index >= 15 is 0 Å². The number of nitrogens with zero attached hydrogens (tertiary/aromatic N) is 1. The van der Waals surface area contributed by atoms with Crippen LogP contribution < -0.4 is 5.32 Å². The molecule has 0 unspecified atom stereocenters. The van der Waals surface area contributed by atoms with Gasteiger partial charge < -0.3 is 15.0 Å². The summed E-state index contributed by atoms with van der Waals surface area (Å²) in [6.07, 6.45) is 5.26. The van der Waals surface area contributed by atoms with Gasteiger partial charge in [0.1, 0.15) is 0 Å². The van der Waals surface area contributed by atoms with Gasteiger partial charge in [0, 0.05) is 25.6 Å². The Morgan fingerprint density at radius 1 is 1.17 bits per heavy atom. The summed E-state index contributed by atoms with van der Waals surface area (Å²) >= 11 is 0. The molecule has 29 heavy (non-hydrogen) atoms. The maximum absolute atomic E-state index is 12.3. The Morgan fingerprint density at radius 2 is 1.86 bits per heavy atom. The molecule has 6 nitrogen and oxygen atoms in total. The highest BCUT2D eigenvalue weighted by Crippen LogP contribution is 2.29. The first-order valence-corrected chi connectivity index (χ1v) is 10.8. The number of benzene rings is 1. The van der Waals surface area contributed by atoms with Crippen LogP contribution in [-0.2, 0) is 25.5 Å². The quantitative estimate of drug-likeness (QED) is 0.681. The van der Waals surface area contributed by atoms with Crippen molar-refractivity contribution >= 4 is 17.8 Å². The Kier molecular flexibility index (Phi) is 7.29. The average Bonchev–Trinajstić information content (AvgIpc) is 3.36. The van der Waals surface area contributed by atoms with Gasteiger partial charge in [0.15, 0.2) is 6.61 Å². The highest BCUT2D eigenvalue weighted by molar-refractivity contribution is 5.88. The van der Waals surface area contributed by atoms with Crippen LogP contribution in [0.25, 0.3) is 0 Å². The predicted molar refractivity (Wildman–Crippen MR) is 110 cm³/mol. The van der Waals surface area contributed by atoms with Crippen LogP contribution in [0, 0.1) is 5.92 Å². The largest absolute Gasteiger partial charge is 0.455 e. The molecule has 6 heteroatoms. The molecule has 1 N–H and O–H groups in total. The first-order chi connectivity index (χ1) is 13.9. The minimum absolute atomic E-state index is 0.0341. The molecule has 1 aliphatic carbocycles. The zero-order valence-corrected chi connectivity index (χ0v) is 17.5. The van der Waals surface area contributed by atoms with Crippen LogP contribution in [0.15, 0.2) is 24.3 Å². The van der Waals surface area contributed by atoms with E-state index in [0.29, 0.717) is 19.0 Å². The highest BCUT2D eigenvalue weighted by Gasteiger charge is 2.39. The Hall–Kier alpha value is -2.37. The van der Waals surface area contributed by atoms with Gasteiger partial charge in [-0.15, -0.1) is 0 Å². The molecule has 1 aliphatic heterocycles. The number of likely N-dealkylation sites (tertiary alicyclic amines) is 1. The van der Waals surface area contributed by atoms with Crippen molar-refractivity contribution in [2.45, 2.75) is 64.3 Å². The van der Waals surface area contributed by atoms with E-state index in [9.17, 15) is 14.4 Å². The van der Waals surface area contributed by atoms with Crippen molar-refractivity contribution in [1.29, 1.82) is 0 Å². The lowest BCUT2D eigenvalue weighted by molar-refractivity contribution is -0.152. The number of hydrogen-bond donors (Lipinski definition) is 1. The molecule has 0 aromatic heterocycles. The summed E-state index contributed by atoms with van der Waals surface area (Å²) in [5.41, 5.74) is 2.45. The van der Waals surface area contributed by atoms with Crippen LogP contribution in [0.5, 0.6) is 0 Å². The van der Waals surface area contributed by atoms with E-state index in [1.807, 2.05) is 4.90 Å². The number of carbonyl (C=O) groups is 3. The zero-order valence-electron chi connectivity index (χ0n) is 17.5. The monoisotopic (exact) mass is 400 g/mol. The first-order valence-electron chi connectivity index (χ1n) is 10.8. The van der Waals surface area contributed by atoms with Crippen molar-refractivity contribution in [3.8, 4) is 0 Å². The van der Waals surface area contributed by atoms with Crippen LogP contribution in [0.2, 0.25) is 0 Å². The minimum Gasteiger partial charge on any atom is -0.455 e. The molecule has 1 aromatic carbocycles. The van der Waals surface area contributed by atoms with Gasteiger partial charge in [0.2, 0.25) is 5.91 Å². The lowest BCUT2D eigenvalue weighted by atomic mass is 10.0. The fourth-order valence-electron chi connectivity index (χ4n) is 4.18. The lowest BCUT2D eigenvalue weighted by Gasteiger charge is -2.23.